The van der Waals surface area contributed by atoms with Crippen molar-refractivity contribution in [1.29, 1.82) is 0 Å². The van der Waals surface area contributed by atoms with Gasteiger partial charge in [0.2, 0.25) is 0 Å². The van der Waals surface area contributed by atoms with E-state index in [1.807, 2.05) is 0 Å². The van der Waals surface area contributed by atoms with E-state index in [4.69, 9.17) is 16.3 Å². The summed E-state index contributed by atoms with van der Waals surface area (Å²) in [6.45, 7) is 5.81. The van der Waals surface area contributed by atoms with E-state index in [1.54, 1.807) is 25.3 Å². The zero-order valence-corrected chi connectivity index (χ0v) is 12.6. The quantitative estimate of drug-likeness (QED) is 0.788. The van der Waals surface area contributed by atoms with E-state index in [1.165, 1.54) is 0 Å². The zero-order valence-electron chi connectivity index (χ0n) is 11.9. The number of rotatable bonds is 8. The Bertz CT molecular complexity index is 386. The standard InChI is InChI=1S/C15H23ClFNO/c1-4-18-14(11(2)8-9-19-3)10-12-6-5-7-13(16)15(12)17/h5-7,11,14,18H,4,8-10H2,1-3H3. The molecular weight excluding hydrogens is 265 g/mol. The maximum absolute atomic E-state index is 13.9. The van der Waals surface area contributed by atoms with Crippen molar-refractivity contribution in [2.24, 2.45) is 5.92 Å². The highest BCUT2D eigenvalue weighted by Gasteiger charge is 2.19. The summed E-state index contributed by atoms with van der Waals surface area (Å²) in [7, 11) is 1.70. The average Bonchev–Trinajstić information content (AvgIpc) is 2.40. The molecule has 2 atom stereocenters. The molecule has 0 saturated heterocycles. The Hall–Kier alpha value is -0.640. The summed E-state index contributed by atoms with van der Waals surface area (Å²) in [6.07, 6.45) is 1.60. The minimum absolute atomic E-state index is 0.192. The van der Waals surface area contributed by atoms with Gasteiger partial charge in [-0.2, -0.15) is 0 Å². The van der Waals surface area contributed by atoms with Crippen LogP contribution in [0.15, 0.2) is 18.2 Å². The Morgan fingerprint density at radius 3 is 2.79 bits per heavy atom. The number of nitrogens with one attached hydrogen (secondary N) is 1. The van der Waals surface area contributed by atoms with Gasteiger partial charge in [0.05, 0.1) is 5.02 Å². The molecule has 0 amide bonds. The molecule has 2 unspecified atom stereocenters. The van der Waals surface area contributed by atoms with E-state index in [2.05, 4.69) is 19.2 Å². The fraction of sp³-hybridized carbons (Fsp3) is 0.600. The van der Waals surface area contributed by atoms with Gasteiger partial charge < -0.3 is 10.1 Å². The number of methoxy groups -OCH3 is 1. The fourth-order valence-corrected chi connectivity index (χ4v) is 2.38. The van der Waals surface area contributed by atoms with Crippen molar-refractivity contribution >= 4 is 11.6 Å². The molecule has 0 aliphatic carbocycles. The summed E-state index contributed by atoms with van der Waals surface area (Å²) in [5, 5.41) is 3.61. The molecule has 0 spiro atoms. The number of likely N-dealkylation sites (N-methyl/N-ethyl adjacent to an activating group) is 1. The molecule has 0 aliphatic rings. The predicted molar refractivity (Wildman–Crippen MR) is 78.2 cm³/mol. The van der Waals surface area contributed by atoms with Gasteiger partial charge in [-0.3, -0.25) is 0 Å². The normalized spacial score (nSPS) is 14.4. The third-order valence-electron chi connectivity index (χ3n) is 3.40. The summed E-state index contributed by atoms with van der Waals surface area (Å²) in [6, 6.07) is 5.41. The van der Waals surface area contributed by atoms with Crippen LogP contribution >= 0.6 is 11.6 Å². The smallest absolute Gasteiger partial charge is 0.145 e. The van der Waals surface area contributed by atoms with Crippen molar-refractivity contribution in [3.05, 3.63) is 34.6 Å². The Labute approximate surface area is 120 Å². The minimum Gasteiger partial charge on any atom is -0.385 e. The first-order chi connectivity index (χ1) is 9.10. The number of halogens is 2. The van der Waals surface area contributed by atoms with Crippen LogP contribution in [-0.2, 0) is 11.2 Å². The summed E-state index contributed by atoms with van der Waals surface area (Å²) >= 11 is 5.82. The largest absolute Gasteiger partial charge is 0.385 e. The molecule has 0 bridgehead atoms. The van der Waals surface area contributed by atoms with E-state index in [-0.39, 0.29) is 16.9 Å². The van der Waals surface area contributed by atoms with Gasteiger partial charge in [0, 0.05) is 19.8 Å². The highest BCUT2D eigenvalue weighted by Crippen LogP contribution is 2.21. The monoisotopic (exact) mass is 287 g/mol. The first kappa shape index (κ1) is 16.4. The van der Waals surface area contributed by atoms with Gasteiger partial charge in [-0.25, -0.2) is 4.39 Å². The molecule has 0 fully saturated rings. The van der Waals surface area contributed by atoms with Crippen molar-refractivity contribution in [3.63, 3.8) is 0 Å². The maximum atomic E-state index is 13.9. The van der Waals surface area contributed by atoms with Gasteiger partial charge in [-0.15, -0.1) is 0 Å². The van der Waals surface area contributed by atoms with Crippen molar-refractivity contribution in [2.45, 2.75) is 32.7 Å². The summed E-state index contributed by atoms with van der Waals surface area (Å²) < 4.78 is 19.0. The molecule has 19 heavy (non-hydrogen) atoms. The van der Waals surface area contributed by atoms with E-state index in [0.717, 1.165) is 19.6 Å². The van der Waals surface area contributed by atoms with E-state index in [0.29, 0.717) is 17.9 Å². The second-order valence-electron chi connectivity index (χ2n) is 4.84. The molecule has 1 aromatic rings. The Kier molecular flexibility index (Phi) is 7.36. The Balaban J connectivity index is 2.74. The maximum Gasteiger partial charge on any atom is 0.145 e. The lowest BCUT2D eigenvalue weighted by molar-refractivity contribution is 0.170. The minimum atomic E-state index is -0.300. The third-order valence-corrected chi connectivity index (χ3v) is 3.69. The van der Waals surface area contributed by atoms with Crippen LogP contribution in [0.3, 0.4) is 0 Å². The van der Waals surface area contributed by atoms with Crippen LogP contribution in [-0.4, -0.2) is 26.3 Å². The van der Waals surface area contributed by atoms with Crippen LogP contribution in [0.1, 0.15) is 25.8 Å². The van der Waals surface area contributed by atoms with E-state index < -0.39 is 0 Å². The van der Waals surface area contributed by atoms with Crippen LogP contribution in [0.2, 0.25) is 5.02 Å². The lowest BCUT2D eigenvalue weighted by atomic mass is 9.92. The molecule has 0 radical (unpaired) electrons. The van der Waals surface area contributed by atoms with E-state index in [9.17, 15) is 4.39 Å². The molecule has 0 saturated carbocycles. The first-order valence-corrected chi connectivity index (χ1v) is 7.13. The Morgan fingerprint density at radius 1 is 1.42 bits per heavy atom. The molecule has 1 rings (SSSR count). The van der Waals surface area contributed by atoms with Crippen molar-refractivity contribution < 1.29 is 9.13 Å². The summed E-state index contributed by atoms with van der Waals surface area (Å²) in [5.41, 5.74) is 0.669. The molecule has 0 heterocycles. The average molecular weight is 288 g/mol. The topological polar surface area (TPSA) is 21.3 Å². The Morgan fingerprint density at radius 2 is 2.16 bits per heavy atom. The van der Waals surface area contributed by atoms with Crippen molar-refractivity contribution in [1.82, 2.24) is 5.32 Å². The highest BCUT2D eigenvalue weighted by molar-refractivity contribution is 6.30. The van der Waals surface area contributed by atoms with Crippen LogP contribution in [0.4, 0.5) is 4.39 Å². The van der Waals surface area contributed by atoms with Gasteiger partial charge in [-0.05, 0) is 36.9 Å². The van der Waals surface area contributed by atoms with Gasteiger partial charge in [-0.1, -0.05) is 37.6 Å². The lowest BCUT2D eigenvalue weighted by Gasteiger charge is -2.25. The third kappa shape index (κ3) is 5.09. The second-order valence-corrected chi connectivity index (χ2v) is 5.25. The van der Waals surface area contributed by atoms with E-state index >= 15 is 0 Å². The first-order valence-electron chi connectivity index (χ1n) is 6.75. The summed E-state index contributed by atoms with van der Waals surface area (Å²) in [5.74, 6) is 0.115. The summed E-state index contributed by atoms with van der Waals surface area (Å²) in [4.78, 5) is 0. The molecule has 0 aromatic heterocycles. The number of hydrogen-bond donors (Lipinski definition) is 1. The van der Waals surface area contributed by atoms with Crippen molar-refractivity contribution in [3.8, 4) is 0 Å². The highest BCUT2D eigenvalue weighted by atomic mass is 35.5. The van der Waals surface area contributed by atoms with Gasteiger partial charge in [0.15, 0.2) is 0 Å². The second kappa shape index (κ2) is 8.51. The lowest BCUT2D eigenvalue weighted by Crippen LogP contribution is -2.37. The zero-order chi connectivity index (χ0) is 14.3. The van der Waals surface area contributed by atoms with Crippen LogP contribution in [0.25, 0.3) is 0 Å². The van der Waals surface area contributed by atoms with Gasteiger partial charge >= 0.3 is 0 Å². The molecule has 1 aromatic carbocycles. The van der Waals surface area contributed by atoms with Crippen LogP contribution in [0.5, 0.6) is 0 Å². The van der Waals surface area contributed by atoms with Crippen LogP contribution < -0.4 is 5.32 Å². The van der Waals surface area contributed by atoms with Gasteiger partial charge in [0.25, 0.3) is 0 Å². The molecule has 4 heteroatoms. The number of ether oxygens (including phenoxy) is 1. The molecule has 108 valence electrons. The number of benzene rings is 1. The fourth-order valence-electron chi connectivity index (χ4n) is 2.18. The number of hydrogen-bond acceptors (Lipinski definition) is 2. The van der Waals surface area contributed by atoms with Crippen molar-refractivity contribution in [2.75, 3.05) is 20.3 Å². The SMILES string of the molecule is CCNC(Cc1cccc(Cl)c1F)C(C)CCOC. The molecule has 0 aliphatic heterocycles. The predicted octanol–water partition coefficient (Wildman–Crippen LogP) is 3.67. The molecular formula is C15H23ClFNO. The van der Waals surface area contributed by atoms with Crippen LogP contribution in [0, 0.1) is 11.7 Å². The van der Waals surface area contributed by atoms with Gasteiger partial charge in [0.1, 0.15) is 5.82 Å². The molecule has 2 nitrogen and oxygen atoms in total. The molecule has 1 N–H and O–H groups in total.